The van der Waals surface area contributed by atoms with Gasteiger partial charge in [0.15, 0.2) is 0 Å². The van der Waals surface area contributed by atoms with Gasteiger partial charge in [-0.2, -0.15) is 0 Å². The highest BCUT2D eigenvalue weighted by Crippen LogP contribution is 2.41. The number of likely N-dealkylation sites (tertiary alicyclic amines) is 1. The van der Waals surface area contributed by atoms with E-state index in [1.54, 1.807) is 19.1 Å². The Balaban J connectivity index is 1.41. The minimum absolute atomic E-state index is 0.0308. The molecule has 1 fully saturated rings. The van der Waals surface area contributed by atoms with Gasteiger partial charge in [0.25, 0.3) is 0 Å². The molecule has 3 aromatic carbocycles. The molecule has 4 rings (SSSR count). The second-order valence-corrected chi connectivity index (χ2v) is 11.1. The standard InChI is InChI=1S/C36H46N2O6/c1-42-31-20-16-29(17-21-31)36(28-12-5-3-6-13-28,30-18-22-32(43-2)23-19-30)44-27-10-8-24-37-35(41)33-14-11-25-38(33)34(40)15-7-4-9-26-39/h3,5-6,12-13,16-23,33,39H,4,7-11,14-15,24-27H2,1-2H3,(H,37,41)/t33-/m0/s1. The van der Waals surface area contributed by atoms with Gasteiger partial charge in [0.1, 0.15) is 23.1 Å². The number of hydrogen-bond donors (Lipinski definition) is 2. The highest BCUT2D eigenvalue weighted by atomic mass is 16.5. The van der Waals surface area contributed by atoms with E-state index in [4.69, 9.17) is 19.3 Å². The third-order valence-electron chi connectivity index (χ3n) is 8.29. The lowest BCUT2D eigenvalue weighted by atomic mass is 9.80. The van der Waals surface area contributed by atoms with Gasteiger partial charge in [0, 0.05) is 32.7 Å². The number of carbonyl (C=O) groups is 2. The number of ether oxygens (including phenoxy) is 3. The molecule has 1 saturated heterocycles. The zero-order chi connectivity index (χ0) is 31.2. The number of hydrogen-bond acceptors (Lipinski definition) is 6. The molecule has 1 atom stereocenters. The third-order valence-corrected chi connectivity index (χ3v) is 8.29. The van der Waals surface area contributed by atoms with Crippen molar-refractivity contribution >= 4 is 11.8 Å². The summed E-state index contributed by atoms with van der Waals surface area (Å²) in [7, 11) is 3.31. The lowest BCUT2D eigenvalue weighted by Gasteiger charge is -2.36. The summed E-state index contributed by atoms with van der Waals surface area (Å²) in [5.41, 5.74) is 2.09. The Kier molecular flexibility index (Phi) is 12.6. The first-order valence-electron chi connectivity index (χ1n) is 15.7. The first-order valence-corrected chi connectivity index (χ1v) is 15.7. The average Bonchev–Trinajstić information content (AvgIpc) is 3.58. The first kappa shape index (κ1) is 33.0. The summed E-state index contributed by atoms with van der Waals surface area (Å²) in [4.78, 5) is 27.4. The van der Waals surface area contributed by atoms with Crippen molar-refractivity contribution < 1.29 is 28.9 Å². The molecule has 1 heterocycles. The fourth-order valence-electron chi connectivity index (χ4n) is 5.90. The van der Waals surface area contributed by atoms with Crippen LogP contribution < -0.4 is 14.8 Å². The Morgan fingerprint density at radius 3 is 2.02 bits per heavy atom. The van der Waals surface area contributed by atoms with Gasteiger partial charge in [-0.15, -0.1) is 0 Å². The van der Waals surface area contributed by atoms with Crippen molar-refractivity contribution in [3.05, 3.63) is 95.6 Å². The highest BCUT2D eigenvalue weighted by Gasteiger charge is 2.38. The van der Waals surface area contributed by atoms with Crippen molar-refractivity contribution in [2.45, 2.75) is 63.0 Å². The number of rotatable bonds is 17. The summed E-state index contributed by atoms with van der Waals surface area (Å²) in [6.45, 7) is 1.75. The molecular formula is C36H46N2O6. The normalized spacial score (nSPS) is 14.8. The van der Waals surface area contributed by atoms with E-state index < -0.39 is 11.6 Å². The van der Waals surface area contributed by atoms with Gasteiger partial charge in [-0.1, -0.05) is 61.0 Å². The number of unbranched alkanes of at least 4 members (excludes halogenated alkanes) is 3. The lowest BCUT2D eigenvalue weighted by Crippen LogP contribution is -2.46. The van der Waals surface area contributed by atoms with Crippen molar-refractivity contribution in [1.82, 2.24) is 10.2 Å². The van der Waals surface area contributed by atoms with Crippen molar-refractivity contribution in [2.75, 3.05) is 40.5 Å². The maximum absolute atomic E-state index is 13.0. The largest absolute Gasteiger partial charge is 0.497 e. The molecule has 3 aromatic rings. The third kappa shape index (κ3) is 8.18. The Hall–Kier alpha value is -3.88. The molecule has 0 aliphatic carbocycles. The minimum atomic E-state index is -0.870. The Morgan fingerprint density at radius 2 is 1.43 bits per heavy atom. The molecule has 0 unspecified atom stereocenters. The summed E-state index contributed by atoms with van der Waals surface area (Å²) in [6, 6.07) is 25.7. The quantitative estimate of drug-likeness (QED) is 0.158. The van der Waals surface area contributed by atoms with Crippen LogP contribution in [0.25, 0.3) is 0 Å². The van der Waals surface area contributed by atoms with E-state index in [1.165, 1.54) is 0 Å². The second-order valence-electron chi connectivity index (χ2n) is 11.1. The number of aliphatic hydroxyl groups excluding tert-OH is 1. The van der Waals surface area contributed by atoms with E-state index in [-0.39, 0.29) is 18.4 Å². The van der Waals surface area contributed by atoms with Gasteiger partial charge in [-0.05, 0) is 79.5 Å². The van der Waals surface area contributed by atoms with Crippen LogP contribution in [-0.4, -0.2) is 68.4 Å². The summed E-state index contributed by atoms with van der Waals surface area (Å²) in [5, 5.41) is 12.0. The second kappa shape index (κ2) is 16.8. The number of nitrogens with zero attached hydrogens (tertiary/aromatic N) is 1. The van der Waals surface area contributed by atoms with Crippen LogP contribution >= 0.6 is 0 Å². The minimum Gasteiger partial charge on any atom is -0.497 e. The van der Waals surface area contributed by atoms with Crippen molar-refractivity contribution in [3.8, 4) is 11.5 Å². The van der Waals surface area contributed by atoms with Crippen molar-refractivity contribution in [1.29, 1.82) is 0 Å². The predicted octanol–water partition coefficient (Wildman–Crippen LogP) is 5.45. The van der Waals surface area contributed by atoms with Crippen LogP contribution in [-0.2, 0) is 19.9 Å². The van der Waals surface area contributed by atoms with Gasteiger partial charge in [-0.3, -0.25) is 9.59 Å². The summed E-state index contributed by atoms with van der Waals surface area (Å²) >= 11 is 0. The molecule has 0 radical (unpaired) electrons. The van der Waals surface area contributed by atoms with Crippen LogP contribution in [0.1, 0.15) is 68.1 Å². The summed E-state index contributed by atoms with van der Waals surface area (Å²) < 4.78 is 17.7. The maximum Gasteiger partial charge on any atom is 0.242 e. The molecule has 236 valence electrons. The molecule has 2 amide bonds. The van der Waals surface area contributed by atoms with E-state index in [9.17, 15) is 9.59 Å². The van der Waals surface area contributed by atoms with Gasteiger partial charge in [-0.25, -0.2) is 0 Å². The number of methoxy groups -OCH3 is 2. The van der Waals surface area contributed by atoms with E-state index >= 15 is 0 Å². The summed E-state index contributed by atoms with van der Waals surface area (Å²) in [5.74, 6) is 1.49. The molecule has 0 spiro atoms. The first-order chi connectivity index (χ1) is 21.5. The zero-order valence-corrected chi connectivity index (χ0v) is 26.0. The highest BCUT2D eigenvalue weighted by molar-refractivity contribution is 5.88. The van der Waals surface area contributed by atoms with Crippen molar-refractivity contribution in [3.63, 3.8) is 0 Å². The Labute approximate surface area is 261 Å². The summed E-state index contributed by atoms with van der Waals surface area (Å²) in [6.07, 6.45) is 5.69. The molecule has 0 saturated carbocycles. The number of amides is 2. The van der Waals surface area contributed by atoms with Gasteiger partial charge >= 0.3 is 0 Å². The monoisotopic (exact) mass is 602 g/mol. The van der Waals surface area contributed by atoms with Crippen LogP contribution in [0.3, 0.4) is 0 Å². The van der Waals surface area contributed by atoms with Crippen LogP contribution in [0.15, 0.2) is 78.9 Å². The molecule has 0 bridgehead atoms. The van der Waals surface area contributed by atoms with Gasteiger partial charge < -0.3 is 29.5 Å². The fourth-order valence-corrected chi connectivity index (χ4v) is 5.90. The van der Waals surface area contributed by atoms with E-state index in [1.807, 2.05) is 66.7 Å². The molecule has 1 aliphatic rings. The molecule has 0 aromatic heterocycles. The lowest BCUT2D eigenvalue weighted by molar-refractivity contribution is -0.138. The number of carbonyl (C=O) groups excluding carboxylic acids is 2. The zero-order valence-electron chi connectivity index (χ0n) is 26.0. The Bertz CT molecular complexity index is 1250. The number of nitrogens with one attached hydrogen (secondary N) is 1. The Morgan fingerprint density at radius 1 is 0.818 bits per heavy atom. The molecule has 1 aliphatic heterocycles. The molecule has 8 heteroatoms. The van der Waals surface area contributed by atoms with Gasteiger partial charge in [0.2, 0.25) is 11.8 Å². The SMILES string of the molecule is COc1ccc(C(OCCCCNC(=O)[C@@H]2CCCN2C(=O)CCCCCO)(c2ccccc2)c2ccc(OC)cc2)cc1. The van der Waals surface area contributed by atoms with E-state index in [0.29, 0.717) is 39.0 Å². The van der Waals surface area contributed by atoms with E-state index in [2.05, 4.69) is 17.4 Å². The molecule has 2 N–H and O–H groups in total. The van der Waals surface area contributed by atoms with Crippen molar-refractivity contribution in [2.24, 2.45) is 0 Å². The van der Waals surface area contributed by atoms with Crippen LogP contribution in [0.2, 0.25) is 0 Å². The average molecular weight is 603 g/mol. The van der Waals surface area contributed by atoms with Crippen LogP contribution in [0.4, 0.5) is 0 Å². The van der Waals surface area contributed by atoms with Crippen LogP contribution in [0.5, 0.6) is 11.5 Å². The van der Waals surface area contributed by atoms with Gasteiger partial charge in [0.05, 0.1) is 14.2 Å². The molecular weight excluding hydrogens is 556 g/mol. The molecule has 8 nitrogen and oxygen atoms in total. The smallest absolute Gasteiger partial charge is 0.242 e. The fraction of sp³-hybridized carbons (Fsp3) is 0.444. The predicted molar refractivity (Wildman–Crippen MR) is 171 cm³/mol. The van der Waals surface area contributed by atoms with E-state index in [0.717, 1.165) is 60.3 Å². The number of benzene rings is 3. The number of aliphatic hydroxyl groups is 1. The maximum atomic E-state index is 13.0. The van der Waals surface area contributed by atoms with Crippen LogP contribution in [0, 0.1) is 0 Å². The topological polar surface area (TPSA) is 97.3 Å². The molecule has 44 heavy (non-hydrogen) atoms.